The average Bonchev–Trinajstić information content (AvgIpc) is 3.30. The molecular weight excluding hydrogens is 432 g/mol. The van der Waals surface area contributed by atoms with Crippen LogP contribution in [0.1, 0.15) is 28.8 Å². The van der Waals surface area contributed by atoms with Crippen LogP contribution >= 0.6 is 0 Å². The van der Waals surface area contributed by atoms with Crippen LogP contribution in [0.25, 0.3) is 6.08 Å². The summed E-state index contributed by atoms with van der Waals surface area (Å²) >= 11 is 0. The van der Waals surface area contributed by atoms with Crippen molar-refractivity contribution >= 4 is 35.2 Å². The molecule has 7 nitrogen and oxygen atoms in total. The summed E-state index contributed by atoms with van der Waals surface area (Å²) in [5.74, 6) is 0.149. The highest BCUT2D eigenvalue weighted by Crippen LogP contribution is 2.23. The molecule has 1 heterocycles. The summed E-state index contributed by atoms with van der Waals surface area (Å²) in [6, 6.07) is 20.9. The molecule has 3 aromatic carbocycles. The molecule has 0 radical (unpaired) electrons. The summed E-state index contributed by atoms with van der Waals surface area (Å²) in [5.41, 5.74) is 2.66. The minimum absolute atomic E-state index is 0.136. The Kier molecular flexibility index (Phi) is 7.03. The molecule has 3 aromatic rings. The zero-order valence-electron chi connectivity index (χ0n) is 18.7. The van der Waals surface area contributed by atoms with E-state index in [1.807, 2.05) is 24.3 Å². The molecule has 1 aliphatic heterocycles. The van der Waals surface area contributed by atoms with Crippen molar-refractivity contribution < 1.29 is 23.9 Å². The van der Waals surface area contributed by atoms with Gasteiger partial charge in [0.15, 0.2) is 0 Å². The van der Waals surface area contributed by atoms with E-state index in [1.54, 1.807) is 59.5 Å². The lowest BCUT2D eigenvalue weighted by Gasteiger charge is -2.15. The number of benzene rings is 3. The third-order valence-electron chi connectivity index (χ3n) is 5.37. The van der Waals surface area contributed by atoms with Crippen molar-refractivity contribution in [1.82, 2.24) is 0 Å². The highest BCUT2D eigenvalue weighted by molar-refractivity contribution is 6.06. The van der Waals surface area contributed by atoms with Gasteiger partial charge in [0, 0.05) is 30.4 Å². The van der Waals surface area contributed by atoms with Gasteiger partial charge in [-0.2, -0.15) is 0 Å². The maximum Gasteiger partial charge on any atom is 0.336 e. The molecule has 1 saturated heterocycles. The number of rotatable bonds is 7. The van der Waals surface area contributed by atoms with Crippen LogP contribution in [0.15, 0.2) is 78.9 Å². The van der Waals surface area contributed by atoms with Gasteiger partial charge in [0.05, 0.1) is 12.7 Å². The minimum atomic E-state index is -0.524. The fourth-order valence-corrected chi connectivity index (χ4v) is 3.64. The summed E-state index contributed by atoms with van der Waals surface area (Å²) in [5, 5.41) is 2.79. The number of nitrogens with one attached hydrogen (secondary N) is 1. The van der Waals surface area contributed by atoms with Crippen LogP contribution in [0, 0.1) is 0 Å². The molecule has 0 spiro atoms. The molecule has 2 amide bonds. The number of methoxy groups -OCH3 is 1. The van der Waals surface area contributed by atoms with Crippen molar-refractivity contribution in [3.8, 4) is 11.5 Å². The van der Waals surface area contributed by atoms with E-state index < -0.39 is 5.97 Å². The zero-order chi connectivity index (χ0) is 23.9. The van der Waals surface area contributed by atoms with E-state index in [4.69, 9.17) is 9.47 Å². The highest BCUT2D eigenvalue weighted by Gasteiger charge is 2.21. The van der Waals surface area contributed by atoms with Gasteiger partial charge in [-0.05, 0) is 66.6 Å². The number of esters is 1. The molecule has 0 unspecified atom stereocenters. The average molecular weight is 456 g/mol. The van der Waals surface area contributed by atoms with E-state index >= 15 is 0 Å². The molecular formula is C27H24N2O5. The lowest BCUT2D eigenvalue weighted by atomic mass is 10.2. The number of amides is 2. The first-order valence-corrected chi connectivity index (χ1v) is 10.9. The van der Waals surface area contributed by atoms with Crippen molar-refractivity contribution in [3.05, 3.63) is 90.0 Å². The standard InChI is InChI=1S/C27H24N2O5/c1-33-24-6-3-2-5-23(24)27(32)28-20-11-15-22(16-12-20)34-26(31)17-10-19-8-13-21(14-9-19)29-18-4-7-25(29)30/h2-3,5-6,8-17H,4,7,18H2,1H3,(H,28,32)/b17-10+. The normalized spacial score (nSPS) is 13.2. The van der Waals surface area contributed by atoms with Gasteiger partial charge in [-0.3, -0.25) is 9.59 Å². The molecule has 1 fully saturated rings. The molecule has 4 rings (SSSR count). The van der Waals surface area contributed by atoms with Crippen LogP contribution in [0.4, 0.5) is 11.4 Å². The fraction of sp³-hybridized carbons (Fsp3) is 0.148. The van der Waals surface area contributed by atoms with E-state index in [2.05, 4.69) is 5.32 Å². The molecule has 0 atom stereocenters. The largest absolute Gasteiger partial charge is 0.496 e. The molecule has 7 heteroatoms. The molecule has 172 valence electrons. The Balaban J connectivity index is 1.31. The van der Waals surface area contributed by atoms with Gasteiger partial charge < -0.3 is 19.7 Å². The third kappa shape index (κ3) is 5.50. The first kappa shape index (κ1) is 22.8. The Morgan fingerprint density at radius 2 is 1.71 bits per heavy atom. The highest BCUT2D eigenvalue weighted by atomic mass is 16.5. The minimum Gasteiger partial charge on any atom is -0.496 e. The number of ether oxygens (including phenoxy) is 2. The number of carbonyl (C=O) groups excluding carboxylic acids is 3. The predicted molar refractivity (Wildman–Crippen MR) is 130 cm³/mol. The first-order valence-electron chi connectivity index (χ1n) is 10.9. The Morgan fingerprint density at radius 3 is 2.38 bits per heavy atom. The fourth-order valence-electron chi connectivity index (χ4n) is 3.64. The molecule has 0 aromatic heterocycles. The van der Waals surface area contributed by atoms with Crippen LogP contribution < -0.4 is 19.7 Å². The maximum atomic E-state index is 12.5. The topological polar surface area (TPSA) is 84.9 Å². The second kappa shape index (κ2) is 10.5. The van der Waals surface area contributed by atoms with Crippen molar-refractivity contribution in [1.29, 1.82) is 0 Å². The van der Waals surface area contributed by atoms with Crippen LogP contribution in [-0.2, 0) is 9.59 Å². The van der Waals surface area contributed by atoms with Gasteiger partial charge in [0.1, 0.15) is 11.5 Å². The predicted octanol–water partition coefficient (Wildman–Crippen LogP) is 4.69. The molecule has 0 bridgehead atoms. The van der Waals surface area contributed by atoms with E-state index in [9.17, 15) is 14.4 Å². The second-order valence-electron chi connectivity index (χ2n) is 7.67. The quantitative estimate of drug-likeness (QED) is 0.317. The van der Waals surface area contributed by atoms with Crippen molar-refractivity contribution in [2.75, 3.05) is 23.9 Å². The zero-order valence-corrected chi connectivity index (χ0v) is 18.7. The van der Waals surface area contributed by atoms with Gasteiger partial charge in [-0.25, -0.2) is 4.79 Å². The van der Waals surface area contributed by atoms with Crippen LogP contribution in [0.5, 0.6) is 11.5 Å². The van der Waals surface area contributed by atoms with Crippen LogP contribution in [-0.4, -0.2) is 31.4 Å². The number of carbonyl (C=O) groups is 3. The summed E-state index contributed by atoms with van der Waals surface area (Å²) in [4.78, 5) is 38.3. The number of anilines is 2. The van der Waals surface area contributed by atoms with Gasteiger partial charge in [-0.15, -0.1) is 0 Å². The molecule has 1 N–H and O–H groups in total. The van der Waals surface area contributed by atoms with E-state index in [0.717, 1.165) is 24.2 Å². The van der Waals surface area contributed by atoms with Crippen molar-refractivity contribution in [2.24, 2.45) is 0 Å². The smallest absolute Gasteiger partial charge is 0.336 e. The second-order valence-corrected chi connectivity index (χ2v) is 7.67. The molecule has 1 aliphatic rings. The number of para-hydroxylation sites is 1. The molecule has 0 aliphatic carbocycles. The summed E-state index contributed by atoms with van der Waals surface area (Å²) in [7, 11) is 1.51. The van der Waals surface area contributed by atoms with Gasteiger partial charge in [0.2, 0.25) is 5.91 Å². The molecule has 0 saturated carbocycles. The monoisotopic (exact) mass is 456 g/mol. The Morgan fingerprint density at radius 1 is 0.971 bits per heavy atom. The SMILES string of the molecule is COc1ccccc1C(=O)Nc1ccc(OC(=O)/C=C/c2ccc(N3CCCC3=O)cc2)cc1. The molecule has 34 heavy (non-hydrogen) atoms. The van der Waals surface area contributed by atoms with Gasteiger partial charge >= 0.3 is 5.97 Å². The number of nitrogens with zero attached hydrogens (tertiary/aromatic N) is 1. The van der Waals surface area contributed by atoms with E-state index in [0.29, 0.717) is 29.2 Å². The number of hydrogen-bond acceptors (Lipinski definition) is 5. The Hall–Kier alpha value is -4.39. The third-order valence-corrected chi connectivity index (χ3v) is 5.37. The van der Waals surface area contributed by atoms with E-state index in [-0.39, 0.29) is 11.8 Å². The Labute approximate surface area is 197 Å². The summed E-state index contributed by atoms with van der Waals surface area (Å²) in [6.07, 6.45) is 4.46. The Bertz CT molecular complexity index is 1220. The first-order chi connectivity index (χ1) is 16.5. The van der Waals surface area contributed by atoms with Crippen LogP contribution in [0.3, 0.4) is 0 Å². The van der Waals surface area contributed by atoms with E-state index in [1.165, 1.54) is 13.2 Å². The lowest BCUT2D eigenvalue weighted by Crippen LogP contribution is -2.23. The maximum absolute atomic E-state index is 12.5. The van der Waals surface area contributed by atoms with Gasteiger partial charge in [-0.1, -0.05) is 24.3 Å². The van der Waals surface area contributed by atoms with Crippen molar-refractivity contribution in [2.45, 2.75) is 12.8 Å². The lowest BCUT2D eigenvalue weighted by molar-refractivity contribution is -0.128. The summed E-state index contributed by atoms with van der Waals surface area (Å²) < 4.78 is 10.5. The summed E-state index contributed by atoms with van der Waals surface area (Å²) in [6.45, 7) is 0.739. The number of hydrogen-bond donors (Lipinski definition) is 1. The van der Waals surface area contributed by atoms with Gasteiger partial charge in [0.25, 0.3) is 5.91 Å². The van der Waals surface area contributed by atoms with Crippen LogP contribution in [0.2, 0.25) is 0 Å². The van der Waals surface area contributed by atoms with Crippen molar-refractivity contribution in [3.63, 3.8) is 0 Å².